The summed E-state index contributed by atoms with van der Waals surface area (Å²) in [5.41, 5.74) is 1.41. The second-order valence-corrected chi connectivity index (χ2v) is 6.39. The van der Waals surface area contributed by atoms with E-state index in [1.54, 1.807) is 47.4 Å². The molecule has 152 valence electrons. The Labute approximate surface area is 168 Å². The fourth-order valence-electron chi connectivity index (χ4n) is 3.05. The van der Waals surface area contributed by atoms with Crippen LogP contribution in [0.3, 0.4) is 0 Å². The maximum atomic E-state index is 12.3. The van der Waals surface area contributed by atoms with Crippen molar-refractivity contribution in [3.05, 3.63) is 48.0 Å². The predicted octanol–water partition coefficient (Wildman–Crippen LogP) is 2.63. The summed E-state index contributed by atoms with van der Waals surface area (Å²) in [5, 5.41) is 2.63. The monoisotopic (exact) mass is 398 g/mol. The summed E-state index contributed by atoms with van der Waals surface area (Å²) in [6, 6.07) is 11.5. The highest BCUT2D eigenvalue weighted by atomic mass is 16.5. The van der Waals surface area contributed by atoms with Gasteiger partial charge in [0.15, 0.2) is 18.1 Å². The highest BCUT2D eigenvalue weighted by molar-refractivity contribution is 5.98. The molecule has 0 aromatic heterocycles. The number of carbonyl (C=O) groups is 3. The zero-order valence-electron chi connectivity index (χ0n) is 16.3. The summed E-state index contributed by atoms with van der Waals surface area (Å²) in [4.78, 5) is 37.9. The molecule has 0 aliphatic carbocycles. The first-order chi connectivity index (χ1) is 14.0. The highest BCUT2D eigenvalue weighted by Crippen LogP contribution is 2.29. The predicted molar refractivity (Wildman–Crippen MR) is 106 cm³/mol. The average Bonchev–Trinajstić information content (AvgIpc) is 3.17. The molecular weight excluding hydrogens is 376 g/mol. The molecule has 0 radical (unpaired) electrons. The van der Waals surface area contributed by atoms with Crippen molar-refractivity contribution in [3.8, 4) is 11.5 Å². The Balaban J connectivity index is 1.58. The van der Waals surface area contributed by atoms with E-state index in [0.29, 0.717) is 35.8 Å². The van der Waals surface area contributed by atoms with E-state index < -0.39 is 18.5 Å². The number of carbonyl (C=O) groups excluding carboxylic acids is 3. The minimum atomic E-state index is -0.638. The maximum Gasteiger partial charge on any atom is 0.338 e. The second kappa shape index (κ2) is 9.09. The third-order valence-electron chi connectivity index (χ3n) is 4.47. The van der Waals surface area contributed by atoms with E-state index in [-0.39, 0.29) is 11.5 Å². The van der Waals surface area contributed by atoms with Crippen LogP contribution in [0.1, 0.15) is 23.2 Å². The van der Waals surface area contributed by atoms with Crippen LogP contribution in [-0.2, 0) is 14.3 Å². The summed E-state index contributed by atoms with van der Waals surface area (Å²) in [5.74, 6) is -0.0916. The van der Waals surface area contributed by atoms with Crippen LogP contribution in [0.4, 0.5) is 11.4 Å². The topological polar surface area (TPSA) is 94.2 Å². The van der Waals surface area contributed by atoms with E-state index in [1.165, 1.54) is 14.2 Å². The number of nitrogens with zero attached hydrogens (tertiary/aromatic N) is 1. The molecule has 0 saturated carbocycles. The average molecular weight is 398 g/mol. The van der Waals surface area contributed by atoms with Crippen molar-refractivity contribution in [1.82, 2.24) is 0 Å². The molecule has 0 spiro atoms. The third kappa shape index (κ3) is 4.84. The molecule has 3 rings (SSSR count). The first-order valence-corrected chi connectivity index (χ1v) is 9.11. The molecule has 1 N–H and O–H groups in total. The van der Waals surface area contributed by atoms with Crippen LogP contribution in [0.25, 0.3) is 0 Å². The molecule has 8 heteroatoms. The number of hydrogen-bond acceptors (Lipinski definition) is 6. The Kier molecular flexibility index (Phi) is 6.33. The van der Waals surface area contributed by atoms with Crippen LogP contribution in [0.2, 0.25) is 0 Å². The van der Waals surface area contributed by atoms with Gasteiger partial charge in [-0.05, 0) is 36.8 Å². The quantitative estimate of drug-likeness (QED) is 0.721. The third-order valence-corrected chi connectivity index (χ3v) is 4.47. The van der Waals surface area contributed by atoms with Gasteiger partial charge in [0.05, 0.1) is 19.8 Å². The van der Waals surface area contributed by atoms with Gasteiger partial charge in [0, 0.05) is 30.4 Å². The molecule has 1 fully saturated rings. The lowest BCUT2D eigenvalue weighted by Crippen LogP contribution is -2.24. The van der Waals surface area contributed by atoms with Gasteiger partial charge in [-0.15, -0.1) is 0 Å². The van der Waals surface area contributed by atoms with Crippen LogP contribution in [0.5, 0.6) is 11.5 Å². The molecule has 0 unspecified atom stereocenters. The van der Waals surface area contributed by atoms with Crippen LogP contribution in [0, 0.1) is 0 Å². The minimum Gasteiger partial charge on any atom is -0.493 e. The molecule has 0 atom stereocenters. The van der Waals surface area contributed by atoms with Crippen molar-refractivity contribution in [2.45, 2.75) is 12.8 Å². The molecule has 1 saturated heterocycles. The van der Waals surface area contributed by atoms with Crippen molar-refractivity contribution in [3.63, 3.8) is 0 Å². The van der Waals surface area contributed by atoms with Gasteiger partial charge in [-0.25, -0.2) is 4.79 Å². The van der Waals surface area contributed by atoms with Gasteiger partial charge in [-0.3, -0.25) is 9.59 Å². The smallest absolute Gasteiger partial charge is 0.338 e. The van der Waals surface area contributed by atoms with Crippen molar-refractivity contribution >= 4 is 29.2 Å². The molecule has 2 aromatic carbocycles. The fourth-order valence-corrected chi connectivity index (χ4v) is 3.05. The van der Waals surface area contributed by atoms with Crippen molar-refractivity contribution < 1.29 is 28.6 Å². The van der Waals surface area contributed by atoms with E-state index in [2.05, 4.69) is 5.32 Å². The maximum absolute atomic E-state index is 12.3. The molecule has 2 amide bonds. The van der Waals surface area contributed by atoms with Gasteiger partial charge < -0.3 is 24.4 Å². The summed E-state index contributed by atoms with van der Waals surface area (Å²) in [6.07, 6.45) is 1.30. The minimum absolute atomic E-state index is 0.0322. The highest BCUT2D eigenvalue weighted by Gasteiger charge is 2.22. The van der Waals surface area contributed by atoms with Crippen LogP contribution < -0.4 is 19.7 Å². The summed E-state index contributed by atoms with van der Waals surface area (Å²) >= 11 is 0. The summed E-state index contributed by atoms with van der Waals surface area (Å²) < 4.78 is 15.4. The molecule has 1 aliphatic heterocycles. The van der Waals surface area contributed by atoms with E-state index in [4.69, 9.17) is 14.2 Å². The normalized spacial score (nSPS) is 13.2. The molecule has 1 aliphatic rings. The van der Waals surface area contributed by atoms with E-state index in [1.807, 2.05) is 0 Å². The van der Waals surface area contributed by atoms with Gasteiger partial charge in [0.1, 0.15) is 0 Å². The second-order valence-electron chi connectivity index (χ2n) is 6.39. The number of rotatable bonds is 7. The van der Waals surface area contributed by atoms with E-state index >= 15 is 0 Å². The summed E-state index contributed by atoms with van der Waals surface area (Å²) in [7, 11) is 3.01. The Morgan fingerprint density at radius 3 is 2.55 bits per heavy atom. The van der Waals surface area contributed by atoms with Crippen molar-refractivity contribution in [2.24, 2.45) is 0 Å². The largest absolute Gasteiger partial charge is 0.493 e. The van der Waals surface area contributed by atoms with Gasteiger partial charge in [-0.1, -0.05) is 6.07 Å². The number of methoxy groups -OCH3 is 2. The Hall–Kier alpha value is -3.55. The van der Waals surface area contributed by atoms with Crippen LogP contribution in [-0.4, -0.2) is 45.2 Å². The Morgan fingerprint density at radius 2 is 1.86 bits per heavy atom. The van der Waals surface area contributed by atoms with Gasteiger partial charge >= 0.3 is 5.97 Å². The zero-order valence-corrected chi connectivity index (χ0v) is 16.3. The van der Waals surface area contributed by atoms with Gasteiger partial charge in [0.2, 0.25) is 5.91 Å². The number of hydrogen-bond donors (Lipinski definition) is 1. The summed E-state index contributed by atoms with van der Waals surface area (Å²) in [6.45, 7) is 0.186. The first-order valence-electron chi connectivity index (χ1n) is 9.11. The Morgan fingerprint density at radius 1 is 1.07 bits per heavy atom. The standard InChI is InChI=1S/C21H22N2O6/c1-27-17-9-8-15(12-18(17)28-2)22-19(24)13-29-21(26)14-5-3-6-16(11-14)23-10-4-7-20(23)25/h3,5-6,8-9,11-12H,4,7,10,13H2,1-2H3,(H,22,24). The number of esters is 1. The molecule has 29 heavy (non-hydrogen) atoms. The van der Waals surface area contributed by atoms with Crippen molar-refractivity contribution in [1.29, 1.82) is 0 Å². The molecule has 1 heterocycles. The molecule has 2 aromatic rings. The van der Waals surface area contributed by atoms with Gasteiger partial charge in [0.25, 0.3) is 5.91 Å². The number of nitrogens with one attached hydrogen (secondary N) is 1. The molecule has 0 bridgehead atoms. The number of amides is 2. The molecule has 8 nitrogen and oxygen atoms in total. The SMILES string of the molecule is COc1ccc(NC(=O)COC(=O)c2cccc(N3CCCC3=O)c2)cc1OC. The number of ether oxygens (including phenoxy) is 3. The zero-order chi connectivity index (χ0) is 20.8. The molecular formula is C21H22N2O6. The Bertz CT molecular complexity index is 927. The lowest BCUT2D eigenvalue weighted by molar-refractivity contribution is -0.119. The van der Waals surface area contributed by atoms with E-state index in [0.717, 1.165) is 6.42 Å². The first kappa shape index (κ1) is 20.2. The van der Waals surface area contributed by atoms with Crippen LogP contribution in [0.15, 0.2) is 42.5 Å². The number of anilines is 2. The van der Waals surface area contributed by atoms with Gasteiger partial charge in [-0.2, -0.15) is 0 Å². The lowest BCUT2D eigenvalue weighted by Gasteiger charge is -2.16. The lowest BCUT2D eigenvalue weighted by atomic mass is 10.2. The van der Waals surface area contributed by atoms with Crippen LogP contribution >= 0.6 is 0 Å². The fraction of sp³-hybridized carbons (Fsp3) is 0.286. The van der Waals surface area contributed by atoms with E-state index in [9.17, 15) is 14.4 Å². The van der Waals surface area contributed by atoms with Crippen molar-refractivity contribution in [2.75, 3.05) is 37.6 Å². The number of benzene rings is 2.